The molecule has 41 heavy (non-hydrogen) atoms. The lowest BCUT2D eigenvalue weighted by Crippen LogP contribution is -2.35. The average Bonchev–Trinajstić information content (AvgIpc) is 2.90. The number of carbonyl (C=O) groups excluding carboxylic acids is 1. The highest BCUT2D eigenvalue weighted by Gasteiger charge is 2.25. The highest BCUT2D eigenvalue weighted by Crippen LogP contribution is 2.21. The number of aliphatic hydroxyl groups is 6. The number of hydrogen-bond donors (Lipinski definition) is 7. The second-order valence-corrected chi connectivity index (χ2v) is 11.2. The number of rotatable bonds is 20. The molecule has 0 aromatic carbocycles. The molecule has 234 valence electrons. The monoisotopic (exact) mass is 580 g/mol. The summed E-state index contributed by atoms with van der Waals surface area (Å²) in [7, 11) is 0. The van der Waals surface area contributed by atoms with Crippen molar-refractivity contribution in [2.75, 3.05) is 0 Å². The topological polar surface area (TPSA) is 176 Å². The molecule has 0 heterocycles. The fourth-order valence-corrected chi connectivity index (χ4v) is 4.32. The maximum atomic E-state index is 11.6. The Bertz CT molecular complexity index is 933. The maximum Gasteiger partial charge on any atom is 0.335 e. The van der Waals surface area contributed by atoms with Gasteiger partial charge in [0.25, 0.3) is 0 Å². The number of aliphatic hydroxyl groups excluding tert-OH is 6. The van der Waals surface area contributed by atoms with Crippen LogP contribution in [0.1, 0.15) is 73.6 Å². The molecule has 0 amide bonds. The fourth-order valence-electron chi connectivity index (χ4n) is 4.32. The number of aldehydes is 1. The van der Waals surface area contributed by atoms with E-state index in [1.54, 1.807) is 32.1 Å². The Morgan fingerprint density at radius 1 is 0.780 bits per heavy atom. The third-order valence-corrected chi connectivity index (χ3v) is 7.05. The van der Waals surface area contributed by atoms with Gasteiger partial charge in [0.2, 0.25) is 0 Å². The van der Waals surface area contributed by atoms with Crippen molar-refractivity contribution < 1.29 is 45.3 Å². The second kappa shape index (κ2) is 20.5. The van der Waals surface area contributed by atoms with Crippen molar-refractivity contribution in [2.24, 2.45) is 17.8 Å². The molecule has 0 radical (unpaired) electrons. The number of carbonyl (C=O) groups is 2. The first-order valence-corrected chi connectivity index (χ1v) is 14.3. The van der Waals surface area contributed by atoms with Crippen molar-refractivity contribution in [2.45, 2.75) is 110 Å². The van der Waals surface area contributed by atoms with E-state index in [9.17, 15) is 40.2 Å². The summed E-state index contributed by atoms with van der Waals surface area (Å²) in [6, 6.07) is 0. The minimum Gasteiger partial charge on any atom is -0.479 e. The summed E-state index contributed by atoms with van der Waals surface area (Å²) in [5.74, 6) is -1.09. The zero-order valence-corrected chi connectivity index (χ0v) is 25.3. The minimum absolute atomic E-state index is 0.137. The third-order valence-electron chi connectivity index (χ3n) is 7.05. The summed E-state index contributed by atoms with van der Waals surface area (Å²) in [4.78, 5) is 22.2. The van der Waals surface area contributed by atoms with E-state index in [1.807, 2.05) is 13.0 Å². The van der Waals surface area contributed by atoms with Crippen molar-refractivity contribution in [3.05, 3.63) is 59.3 Å². The van der Waals surface area contributed by atoms with Gasteiger partial charge < -0.3 is 35.7 Å². The zero-order valence-electron chi connectivity index (χ0n) is 25.3. The van der Waals surface area contributed by atoms with Crippen molar-refractivity contribution in [1.29, 1.82) is 0 Å². The van der Waals surface area contributed by atoms with Crippen LogP contribution in [0.25, 0.3) is 0 Å². The molecule has 0 fully saturated rings. The first kappa shape index (κ1) is 38.6. The lowest BCUT2D eigenvalue weighted by atomic mass is 9.91. The van der Waals surface area contributed by atoms with Gasteiger partial charge in [0.15, 0.2) is 6.10 Å². The van der Waals surface area contributed by atoms with Crippen LogP contribution in [-0.2, 0) is 9.59 Å². The van der Waals surface area contributed by atoms with Crippen LogP contribution < -0.4 is 0 Å². The summed E-state index contributed by atoms with van der Waals surface area (Å²) in [5.41, 5.74) is 1.84. The van der Waals surface area contributed by atoms with Crippen molar-refractivity contribution in [1.82, 2.24) is 0 Å². The van der Waals surface area contributed by atoms with Gasteiger partial charge >= 0.3 is 5.97 Å². The van der Waals surface area contributed by atoms with E-state index in [4.69, 9.17) is 5.11 Å². The molecule has 0 rings (SSSR count). The first-order chi connectivity index (χ1) is 19.1. The lowest BCUT2D eigenvalue weighted by Gasteiger charge is -2.19. The Morgan fingerprint density at radius 3 is 1.93 bits per heavy atom. The third kappa shape index (κ3) is 16.6. The van der Waals surface area contributed by atoms with E-state index in [1.165, 1.54) is 18.2 Å². The van der Waals surface area contributed by atoms with Gasteiger partial charge in [-0.05, 0) is 56.1 Å². The van der Waals surface area contributed by atoms with Gasteiger partial charge in [0, 0.05) is 17.9 Å². The lowest BCUT2D eigenvalue weighted by molar-refractivity contribution is -0.153. The van der Waals surface area contributed by atoms with Gasteiger partial charge in [-0.3, -0.25) is 4.79 Å². The molecule has 0 spiro atoms. The molecule has 0 saturated carbocycles. The Hall–Kier alpha value is -2.40. The molecule has 9 unspecified atom stereocenters. The number of allylic oxidation sites excluding steroid dienone is 3. The summed E-state index contributed by atoms with van der Waals surface area (Å²) in [6.45, 7) is 11.8. The van der Waals surface area contributed by atoms with E-state index in [2.05, 4.69) is 20.8 Å². The predicted octanol–water partition coefficient (Wildman–Crippen LogP) is 3.25. The highest BCUT2D eigenvalue weighted by molar-refractivity contribution is 5.77. The Kier molecular flexibility index (Phi) is 19.3. The molecule has 9 heteroatoms. The maximum absolute atomic E-state index is 11.6. The quantitative estimate of drug-likeness (QED) is 0.0493. The smallest absolute Gasteiger partial charge is 0.335 e. The summed E-state index contributed by atoms with van der Waals surface area (Å²) in [5, 5.41) is 68.6. The number of carboxylic acid groups (broad SMARTS) is 1. The molecule has 7 N–H and O–H groups in total. The summed E-state index contributed by atoms with van der Waals surface area (Å²) in [6.07, 6.45) is 6.79. The van der Waals surface area contributed by atoms with E-state index < -0.39 is 42.6 Å². The van der Waals surface area contributed by atoms with Crippen LogP contribution in [0.15, 0.2) is 59.3 Å². The van der Waals surface area contributed by atoms with Crippen LogP contribution in [0.3, 0.4) is 0 Å². The fraction of sp³-hybridized carbons (Fsp3) is 0.625. The van der Waals surface area contributed by atoms with Crippen LogP contribution in [0.4, 0.5) is 0 Å². The summed E-state index contributed by atoms with van der Waals surface area (Å²) >= 11 is 0. The van der Waals surface area contributed by atoms with E-state index >= 15 is 0 Å². The molecule has 0 aliphatic rings. The molecular formula is C32H52O9. The molecule has 9 atom stereocenters. The molecule has 0 bridgehead atoms. The Balaban J connectivity index is 4.93. The van der Waals surface area contributed by atoms with Crippen molar-refractivity contribution in [3.8, 4) is 0 Å². The van der Waals surface area contributed by atoms with E-state index in [0.29, 0.717) is 22.6 Å². The summed E-state index contributed by atoms with van der Waals surface area (Å²) < 4.78 is 0. The largest absolute Gasteiger partial charge is 0.479 e. The van der Waals surface area contributed by atoms with Gasteiger partial charge in [0.1, 0.15) is 6.29 Å². The molecule has 0 saturated heterocycles. The minimum atomic E-state index is -1.99. The van der Waals surface area contributed by atoms with E-state index in [0.717, 1.165) is 19.1 Å². The molecular weight excluding hydrogens is 528 g/mol. The highest BCUT2D eigenvalue weighted by atomic mass is 16.4. The van der Waals surface area contributed by atoms with Crippen molar-refractivity contribution >= 4 is 12.3 Å². The molecule has 9 nitrogen and oxygen atoms in total. The van der Waals surface area contributed by atoms with Gasteiger partial charge in [-0.2, -0.15) is 0 Å². The Morgan fingerprint density at radius 2 is 1.37 bits per heavy atom. The molecule has 0 aliphatic heterocycles. The van der Waals surface area contributed by atoms with Gasteiger partial charge in [-0.1, -0.05) is 76.6 Å². The number of hydrogen-bond acceptors (Lipinski definition) is 8. The zero-order chi connectivity index (χ0) is 31.7. The molecule has 0 aromatic heterocycles. The van der Waals surface area contributed by atoms with E-state index in [-0.39, 0.29) is 31.1 Å². The predicted molar refractivity (Wildman–Crippen MR) is 160 cm³/mol. The average molecular weight is 581 g/mol. The molecule has 0 aromatic rings. The SMILES string of the molecule is CCC(C)CC(C)/C=C(C=O)\C=C(/C)C(O)C(C)/C=C(\C)C(O)C/C=C/C(O)C/C=C/C(O)CC(O)C(O)C(=O)O. The van der Waals surface area contributed by atoms with Gasteiger partial charge in [-0.15, -0.1) is 0 Å². The van der Waals surface area contributed by atoms with Crippen molar-refractivity contribution in [3.63, 3.8) is 0 Å². The molecule has 0 aliphatic carbocycles. The first-order valence-electron chi connectivity index (χ1n) is 14.3. The number of carboxylic acids is 1. The standard InChI is InChI=1S/C32H52O9/c1-7-20(2)14-21(3)15-25(19-33)17-24(6)30(38)23(5)16-22(4)28(36)13-9-11-26(34)10-8-12-27(35)18-29(37)31(39)32(40)41/h8-9,11-12,15-17,19-21,23,26-31,34-39H,7,10,13-14,18H2,1-6H3,(H,40,41)/b11-9+,12-8+,22-16+,24-17+,25-15+. The van der Waals surface area contributed by atoms with Gasteiger partial charge in [-0.25, -0.2) is 4.79 Å². The Labute approximate surface area is 244 Å². The van der Waals surface area contributed by atoms with Crippen LogP contribution in [0, 0.1) is 17.8 Å². The van der Waals surface area contributed by atoms with Crippen LogP contribution in [0.5, 0.6) is 0 Å². The van der Waals surface area contributed by atoms with Crippen LogP contribution >= 0.6 is 0 Å². The van der Waals surface area contributed by atoms with Gasteiger partial charge in [0.05, 0.1) is 30.5 Å². The van der Waals surface area contributed by atoms with Crippen LogP contribution in [0.2, 0.25) is 0 Å². The normalized spacial score (nSPS) is 20.3. The number of aliphatic carboxylic acids is 1. The van der Waals surface area contributed by atoms with Crippen LogP contribution in [-0.4, -0.2) is 84.6 Å². The second-order valence-electron chi connectivity index (χ2n) is 11.2.